The highest BCUT2D eigenvalue weighted by Gasteiger charge is 2.36. The molecule has 0 atom stereocenters. The molecule has 0 radical (unpaired) electrons. The lowest BCUT2D eigenvalue weighted by atomic mass is 9.82. The van der Waals surface area contributed by atoms with Gasteiger partial charge in [-0.15, -0.1) is 0 Å². The van der Waals surface area contributed by atoms with Gasteiger partial charge in [0.1, 0.15) is 0 Å². The summed E-state index contributed by atoms with van der Waals surface area (Å²) in [6.45, 7) is 4.67. The predicted octanol–water partition coefficient (Wildman–Crippen LogP) is 9.87. The maximum atomic E-state index is 8.81. The van der Waals surface area contributed by atoms with E-state index in [2.05, 4.69) is 133 Å². The summed E-state index contributed by atoms with van der Waals surface area (Å²) in [5, 5.41) is 11.2. The van der Waals surface area contributed by atoms with Crippen LogP contribution in [0.2, 0.25) is 0 Å². The number of hydrogen-bond donors (Lipinski definition) is 2. The van der Waals surface area contributed by atoms with Crippen LogP contribution < -0.4 is 5.43 Å². The molecule has 0 aliphatic heterocycles. The molecule has 2 N–H and O–H groups in total. The molecule has 0 saturated carbocycles. The molecule has 206 valence electrons. The van der Waals surface area contributed by atoms with E-state index in [4.69, 9.17) is 5.41 Å². The van der Waals surface area contributed by atoms with Crippen LogP contribution in [0.5, 0.6) is 0 Å². The lowest BCUT2D eigenvalue weighted by molar-refractivity contribution is 0.661. The average molecular weight is 554 g/mol. The summed E-state index contributed by atoms with van der Waals surface area (Å²) in [6.07, 6.45) is 7.80. The van der Waals surface area contributed by atoms with Crippen LogP contribution in [0.25, 0.3) is 49.8 Å². The first-order valence-corrected chi connectivity index (χ1v) is 14.8. The Balaban J connectivity index is 1.44. The molecule has 0 unspecified atom stereocenters. The fourth-order valence-electron chi connectivity index (χ4n) is 6.84. The van der Waals surface area contributed by atoms with Crippen LogP contribution in [0.4, 0.5) is 0 Å². The molecule has 0 amide bonds. The van der Waals surface area contributed by atoms with Gasteiger partial charge in [0.05, 0.1) is 22.4 Å². The van der Waals surface area contributed by atoms with Gasteiger partial charge in [-0.3, -0.25) is 10.1 Å². The highest BCUT2D eigenvalue weighted by Crippen LogP contribution is 2.50. The van der Waals surface area contributed by atoms with Crippen molar-refractivity contribution in [3.8, 4) is 22.3 Å². The Bertz CT molecular complexity index is 2170. The van der Waals surface area contributed by atoms with Gasteiger partial charge in [-0.05, 0) is 57.7 Å². The van der Waals surface area contributed by atoms with Crippen molar-refractivity contribution in [2.24, 2.45) is 0 Å². The zero-order valence-electron chi connectivity index (χ0n) is 24.2. The molecule has 3 nitrogen and oxygen atoms in total. The van der Waals surface area contributed by atoms with Gasteiger partial charge in [-0.2, -0.15) is 0 Å². The molecular weight excluding hydrogens is 522 g/mol. The quantitative estimate of drug-likeness (QED) is 0.224. The number of allylic oxidation sites excluding steroid dienone is 5. The maximum absolute atomic E-state index is 8.81. The fraction of sp³-hybridized carbons (Fsp3) is 0.0750. The summed E-state index contributed by atoms with van der Waals surface area (Å²) < 4.78 is 2.24. The lowest BCUT2D eigenvalue weighted by Gasteiger charge is -2.22. The molecule has 2 aliphatic rings. The van der Waals surface area contributed by atoms with E-state index in [0.29, 0.717) is 5.71 Å². The highest BCUT2D eigenvalue weighted by atomic mass is 15.4. The minimum atomic E-state index is -0.0859. The Morgan fingerprint density at radius 3 is 2.12 bits per heavy atom. The second-order valence-electron chi connectivity index (χ2n) is 11.9. The van der Waals surface area contributed by atoms with Crippen LogP contribution in [0.3, 0.4) is 0 Å². The van der Waals surface area contributed by atoms with Gasteiger partial charge in [-0.1, -0.05) is 129 Å². The smallest absolute Gasteiger partial charge is 0.0716 e. The zero-order valence-corrected chi connectivity index (χ0v) is 24.2. The van der Waals surface area contributed by atoms with Crippen molar-refractivity contribution in [1.82, 2.24) is 4.68 Å². The van der Waals surface area contributed by atoms with Crippen LogP contribution in [0.15, 0.2) is 145 Å². The molecule has 6 aromatic rings. The Hall–Kier alpha value is -5.41. The van der Waals surface area contributed by atoms with Crippen LogP contribution in [-0.4, -0.2) is 10.4 Å². The van der Waals surface area contributed by atoms with Gasteiger partial charge >= 0.3 is 0 Å². The standard InChI is InChI=1S/C40H31N3/c1-40(2)34-19-11-9-17-29(34)32-25-38-33(24-35(32)40)30-22-21-28(26-13-5-3-6-14-26)23-37(30)43(38)42-39(27-15-7-4-8-16-27)31-18-10-12-20-36(31)41/h3-25,41-42H,1-2H3/b39-31-,41-36?. The third-order valence-corrected chi connectivity index (χ3v) is 9.06. The normalized spacial score (nSPS) is 16.0. The van der Waals surface area contributed by atoms with Crippen LogP contribution >= 0.6 is 0 Å². The van der Waals surface area contributed by atoms with Crippen molar-refractivity contribution in [2.45, 2.75) is 19.3 Å². The summed E-state index contributed by atoms with van der Waals surface area (Å²) in [6, 6.07) is 41.3. The van der Waals surface area contributed by atoms with Crippen LogP contribution in [0, 0.1) is 5.41 Å². The Morgan fingerprint density at radius 2 is 1.33 bits per heavy atom. The number of nitrogens with zero attached hydrogens (tertiary/aromatic N) is 1. The van der Waals surface area contributed by atoms with E-state index < -0.39 is 0 Å². The number of fused-ring (bicyclic) bond motifs is 6. The monoisotopic (exact) mass is 553 g/mol. The van der Waals surface area contributed by atoms with Gasteiger partial charge in [-0.25, -0.2) is 0 Å². The van der Waals surface area contributed by atoms with Crippen molar-refractivity contribution >= 4 is 33.2 Å². The summed E-state index contributed by atoms with van der Waals surface area (Å²) in [4.78, 5) is 0. The number of rotatable bonds is 4. The lowest BCUT2D eigenvalue weighted by Crippen LogP contribution is -2.17. The summed E-state index contributed by atoms with van der Waals surface area (Å²) in [5.74, 6) is 0. The largest absolute Gasteiger partial charge is 0.300 e. The molecule has 0 fully saturated rings. The molecule has 2 aliphatic carbocycles. The Labute approximate surface area is 251 Å². The van der Waals surface area contributed by atoms with Gasteiger partial charge in [0, 0.05) is 27.3 Å². The summed E-state index contributed by atoms with van der Waals surface area (Å²) >= 11 is 0. The van der Waals surface area contributed by atoms with Gasteiger partial charge < -0.3 is 5.41 Å². The predicted molar refractivity (Wildman–Crippen MR) is 181 cm³/mol. The van der Waals surface area contributed by atoms with Gasteiger partial charge in [0.25, 0.3) is 0 Å². The molecular formula is C40H31N3. The summed E-state index contributed by atoms with van der Waals surface area (Å²) in [5.41, 5.74) is 16.9. The molecule has 0 spiro atoms. The van der Waals surface area contributed by atoms with Crippen LogP contribution in [-0.2, 0) is 5.41 Å². The fourth-order valence-corrected chi connectivity index (χ4v) is 6.84. The molecule has 1 heterocycles. The van der Waals surface area contributed by atoms with E-state index >= 15 is 0 Å². The Morgan fingerprint density at radius 1 is 0.628 bits per heavy atom. The first-order valence-electron chi connectivity index (χ1n) is 14.8. The van der Waals surface area contributed by atoms with E-state index in [-0.39, 0.29) is 5.41 Å². The van der Waals surface area contributed by atoms with Gasteiger partial charge in [0.15, 0.2) is 0 Å². The van der Waals surface area contributed by atoms with E-state index in [1.807, 2.05) is 30.4 Å². The molecule has 3 heteroatoms. The number of aromatic nitrogens is 1. The van der Waals surface area contributed by atoms with Crippen molar-refractivity contribution in [2.75, 3.05) is 5.43 Å². The number of benzene rings is 5. The maximum Gasteiger partial charge on any atom is 0.0716 e. The second kappa shape index (κ2) is 9.57. The van der Waals surface area contributed by atoms with Crippen molar-refractivity contribution in [1.29, 1.82) is 5.41 Å². The van der Waals surface area contributed by atoms with E-state index in [0.717, 1.165) is 27.9 Å². The second-order valence-corrected chi connectivity index (χ2v) is 11.9. The van der Waals surface area contributed by atoms with Crippen molar-refractivity contribution < 1.29 is 0 Å². The molecule has 0 bridgehead atoms. The third kappa shape index (κ3) is 3.93. The molecule has 0 saturated heterocycles. The SMILES string of the molecule is CC1(C)c2ccccc2-c2cc3c(cc21)c1ccc(-c2ccccc2)cc1n3N/C(=C1/C=CC=CC1=N)c1ccccc1. The van der Waals surface area contributed by atoms with E-state index in [1.165, 1.54) is 44.2 Å². The number of hydrogen-bond acceptors (Lipinski definition) is 2. The molecule has 8 rings (SSSR count). The number of nitrogens with one attached hydrogen (secondary N) is 2. The van der Waals surface area contributed by atoms with Crippen molar-refractivity contribution in [3.63, 3.8) is 0 Å². The average Bonchev–Trinajstić information content (AvgIpc) is 3.47. The molecule has 5 aromatic carbocycles. The van der Waals surface area contributed by atoms with Gasteiger partial charge in [0.2, 0.25) is 0 Å². The molecule has 1 aromatic heterocycles. The zero-order chi connectivity index (χ0) is 29.1. The minimum Gasteiger partial charge on any atom is -0.300 e. The summed E-state index contributed by atoms with van der Waals surface area (Å²) in [7, 11) is 0. The van der Waals surface area contributed by atoms with E-state index in [9.17, 15) is 0 Å². The topological polar surface area (TPSA) is 40.8 Å². The first-order chi connectivity index (χ1) is 21.0. The van der Waals surface area contributed by atoms with Crippen LogP contribution in [0.1, 0.15) is 30.5 Å². The Kier molecular flexibility index (Phi) is 5.63. The molecule has 43 heavy (non-hydrogen) atoms. The third-order valence-electron chi connectivity index (χ3n) is 9.06. The van der Waals surface area contributed by atoms with E-state index in [1.54, 1.807) is 0 Å². The highest BCUT2D eigenvalue weighted by molar-refractivity contribution is 6.16. The first kappa shape index (κ1) is 25.3. The van der Waals surface area contributed by atoms with Crippen molar-refractivity contribution in [3.05, 3.63) is 162 Å². The minimum absolute atomic E-state index is 0.0859.